The van der Waals surface area contributed by atoms with Gasteiger partial charge >= 0.3 is 0 Å². The molecule has 0 aliphatic heterocycles. The molecule has 5 rings (SSSR count). The monoisotopic (exact) mass is 408 g/mol. The normalized spacial score (nSPS) is 25.6. The highest BCUT2D eigenvalue weighted by Gasteiger charge is 2.59. The molecule has 1 amide bonds. The predicted octanol–water partition coefficient (Wildman–Crippen LogP) is 5.19. The third-order valence-corrected chi connectivity index (χ3v) is 6.53. The van der Waals surface area contributed by atoms with Crippen molar-refractivity contribution in [3.05, 3.63) is 66.4 Å². The minimum absolute atomic E-state index is 0.0333. The lowest BCUT2D eigenvalue weighted by Gasteiger charge is -2.20. The highest BCUT2D eigenvalue weighted by atomic mass is 19.1. The summed E-state index contributed by atoms with van der Waals surface area (Å²) in [4.78, 5) is 16.8. The number of aromatic nitrogens is 1. The van der Waals surface area contributed by atoms with Crippen LogP contribution in [0.3, 0.4) is 0 Å². The highest BCUT2D eigenvalue weighted by molar-refractivity contribution is 5.92. The maximum absolute atomic E-state index is 13.7. The van der Waals surface area contributed by atoms with Crippen molar-refractivity contribution in [2.75, 3.05) is 5.32 Å². The number of hydrogen-bond acceptors (Lipinski definition) is 3. The SMILES string of the molecule is CC(C(=O)Nc1ccc(F)cc1)C1C2CC(Oc3ccnc4ccc(F)cc34)CC21. The summed E-state index contributed by atoms with van der Waals surface area (Å²) in [5.41, 5.74) is 1.32. The number of pyridine rings is 1. The average molecular weight is 408 g/mol. The summed E-state index contributed by atoms with van der Waals surface area (Å²) >= 11 is 0. The largest absolute Gasteiger partial charge is 0.490 e. The number of halogens is 2. The number of anilines is 1. The number of fused-ring (bicyclic) bond motifs is 2. The van der Waals surface area contributed by atoms with Crippen LogP contribution in [0.1, 0.15) is 19.8 Å². The third kappa shape index (κ3) is 3.51. The molecule has 6 heteroatoms. The molecule has 0 spiro atoms. The first-order valence-electron chi connectivity index (χ1n) is 10.3. The molecule has 1 heterocycles. The van der Waals surface area contributed by atoms with Gasteiger partial charge in [0.05, 0.1) is 11.6 Å². The van der Waals surface area contributed by atoms with Crippen LogP contribution in [-0.4, -0.2) is 17.0 Å². The minimum Gasteiger partial charge on any atom is -0.490 e. The molecule has 1 aromatic heterocycles. The topological polar surface area (TPSA) is 51.2 Å². The fourth-order valence-corrected chi connectivity index (χ4v) is 5.02. The molecule has 1 N–H and O–H groups in total. The van der Waals surface area contributed by atoms with E-state index in [4.69, 9.17) is 4.74 Å². The van der Waals surface area contributed by atoms with Crippen molar-refractivity contribution in [2.45, 2.75) is 25.9 Å². The molecule has 2 aliphatic rings. The molecule has 2 saturated carbocycles. The second-order valence-corrected chi connectivity index (χ2v) is 8.37. The van der Waals surface area contributed by atoms with Crippen LogP contribution in [0.2, 0.25) is 0 Å². The Kier molecular flexibility index (Phi) is 4.65. The number of nitrogens with zero attached hydrogens (tertiary/aromatic N) is 1. The molecule has 2 fully saturated rings. The first kappa shape index (κ1) is 19.0. The average Bonchev–Trinajstić information content (AvgIpc) is 3.24. The van der Waals surface area contributed by atoms with Gasteiger partial charge in [0.1, 0.15) is 17.4 Å². The van der Waals surface area contributed by atoms with E-state index < -0.39 is 0 Å². The van der Waals surface area contributed by atoms with Gasteiger partial charge in [0.2, 0.25) is 5.91 Å². The summed E-state index contributed by atoms with van der Waals surface area (Å²) in [6, 6.07) is 12.1. The molecule has 0 bridgehead atoms. The van der Waals surface area contributed by atoms with Crippen molar-refractivity contribution in [3.63, 3.8) is 0 Å². The molecular weight excluding hydrogens is 386 g/mol. The van der Waals surface area contributed by atoms with Crippen molar-refractivity contribution in [1.82, 2.24) is 4.98 Å². The summed E-state index contributed by atoms with van der Waals surface area (Å²) in [7, 11) is 0. The van der Waals surface area contributed by atoms with E-state index in [2.05, 4.69) is 10.3 Å². The van der Waals surface area contributed by atoms with Gasteiger partial charge in [0, 0.05) is 23.2 Å². The summed E-state index contributed by atoms with van der Waals surface area (Å²) in [5, 5.41) is 3.56. The summed E-state index contributed by atoms with van der Waals surface area (Å²) in [6.45, 7) is 1.96. The van der Waals surface area contributed by atoms with Gasteiger partial charge < -0.3 is 10.1 Å². The number of rotatable bonds is 5. The molecular formula is C24H22F2N2O2. The zero-order valence-corrected chi connectivity index (χ0v) is 16.5. The predicted molar refractivity (Wildman–Crippen MR) is 110 cm³/mol. The highest BCUT2D eigenvalue weighted by Crippen LogP contribution is 2.61. The zero-order valence-electron chi connectivity index (χ0n) is 16.5. The Balaban J connectivity index is 1.20. The number of ether oxygens (including phenoxy) is 1. The Hall–Kier alpha value is -3.02. The molecule has 3 aromatic rings. The molecule has 0 radical (unpaired) electrons. The van der Waals surface area contributed by atoms with Gasteiger partial charge in [-0.1, -0.05) is 6.92 Å². The van der Waals surface area contributed by atoms with Crippen molar-refractivity contribution in [3.8, 4) is 5.75 Å². The van der Waals surface area contributed by atoms with Crippen LogP contribution < -0.4 is 10.1 Å². The molecule has 2 aliphatic carbocycles. The number of carbonyl (C=O) groups excluding carboxylic acids is 1. The zero-order chi connectivity index (χ0) is 20.8. The van der Waals surface area contributed by atoms with Crippen molar-refractivity contribution in [1.29, 1.82) is 0 Å². The Labute approximate surface area is 173 Å². The molecule has 30 heavy (non-hydrogen) atoms. The van der Waals surface area contributed by atoms with Gasteiger partial charge in [0.15, 0.2) is 0 Å². The van der Waals surface area contributed by atoms with Crippen molar-refractivity contribution in [2.24, 2.45) is 23.7 Å². The molecule has 2 aromatic carbocycles. The van der Waals surface area contributed by atoms with E-state index in [-0.39, 0.29) is 29.6 Å². The number of amides is 1. The second-order valence-electron chi connectivity index (χ2n) is 8.37. The fraction of sp³-hybridized carbons (Fsp3) is 0.333. The number of hydrogen-bond donors (Lipinski definition) is 1. The van der Waals surface area contributed by atoms with E-state index in [0.29, 0.717) is 40.1 Å². The number of nitrogens with one attached hydrogen (secondary N) is 1. The van der Waals surface area contributed by atoms with E-state index in [1.807, 2.05) is 6.92 Å². The van der Waals surface area contributed by atoms with E-state index in [0.717, 1.165) is 12.8 Å². The lowest BCUT2D eigenvalue weighted by molar-refractivity contribution is -0.120. The lowest BCUT2D eigenvalue weighted by Crippen LogP contribution is -2.25. The second kappa shape index (κ2) is 7.35. The Bertz CT molecular complexity index is 1090. The van der Waals surface area contributed by atoms with E-state index >= 15 is 0 Å². The summed E-state index contributed by atoms with van der Waals surface area (Å²) in [6.07, 6.45) is 3.53. The van der Waals surface area contributed by atoms with Crippen LogP contribution in [0, 0.1) is 35.3 Å². The molecule has 4 nitrogen and oxygen atoms in total. The standard InChI is InChI=1S/C24H22F2N2O2/c1-13(24(29)28-16-5-2-14(25)3-6-16)23-18-11-17(12-19(18)23)30-22-8-9-27-21-7-4-15(26)10-20(21)22/h2-10,13,17-19,23H,11-12H2,1H3,(H,28,29). The van der Waals surface area contributed by atoms with Gasteiger partial charge in [-0.3, -0.25) is 9.78 Å². The van der Waals surface area contributed by atoms with Gasteiger partial charge in [0.25, 0.3) is 0 Å². The van der Waals surface area contributed by atoms with Crippen LogP contribution in [0.4, 0.5) is 14.5 Å². The summed E-state index contributed by atoms with van der Waals surface area (Å²) in [5.74, 6) is 1.16. The van der Waals surface area contributed by atoms with E-state index in [1.54, 1.807) is 30.5 Å². The fourth-order valence-electron chi connectivity index (χ4n) is 5.02. The van der Waals surface area contributed by atoms with Crippen molar-refractivity contribution < 1.29 is 18.3 Å². The Morgan fingerprint density at radius 2 is 1.77 bits per heavy atom. The first-order chi connectivity index (χ1) is 14.5. The van der Waals surface area contributed by atoms with Gasteiger partial charge in [-0.05, 0) is 79.1 Å². The lowest BCUT2D eigenvalue weighted by atomic mass is 9.97. The van der Waals surface area contributed by atoms with Gasteiger partial charge in [-0.25, -0.2) is 8.78 Å². The Morgan fingerprint density at radius 3 is 2.50 bits per heavy atom. The molecule has 3 atom stereocenters. The van der Waals surface area contributed by atoms with Crippen LogP contribution in [0.15, 0.2) is 54.7 Å². The maximum atomic E-state index is 13.7. The molecule has 3 unspecified atom stereocenters. The van der Waals surface area contributed by atoms with Crippen LogP contribution in [-0.2, 0) is 4.79 Å². The smallest absolute Gasteiger partial charge is 0.227 e. The minimum atomic E-state index is -0.325. The van der Waals surface area contributed by atoms with Crippen molar-refractivity contribution >= 4 is 22.5 Å². The molecule has 0 saturated heterocycles. The van der Waals surface area contributed by atoms with Crippen LogP contribution in [0.5, 0.6) is 5.75 Å². The number of benzene rings is 2. The van der Waals surface area contributed by atoms with Crippen LogP contribution >= 0.6 is 0 Å². The van der Waals surface area contributed by atoms with Gasteiger partial charge in [-0.15, -0.1) is 0 Å². The van der Waals surface area contributed by atoms with E-state index in [9.17, 15) is 13.6 Å². The van der Waals surface area contributed by atoms with E-state index in [1.165, 1.54) is 24.3 Å². The summed E-state index contributed by atoms with van der Waals surface area (Å²) < 4.78 is 32.9. The maximum Gasteiger partial charge on any atom is 0.227 e. The Morgan fingerprint density at radius 1 is 1.07 bits per heavy atom. The number of carbonyl (C=O) groups is 1. The van der Waals surface area contributed by atoms with Crippen LogP contribution in [0.25, 0.3) is 10.9 Å². The van der Waals surface area contributed by atoms with Gasteiger partial charge in [-0.2, -0.15) is 0 Å². The quantitative estimate of drug-likeness (QED) is 0.632. The molecule has 154 valence electrons. The third-order valence-electron chi connectivity index (χ3n) is 6.53. The first-order valence-corrected chi connectivity index (χ1v) is 10.3.